The molecule has 21 heavy (non-hydrogen) atoms. The van der Waals surface area contributed by atoms with E-state index in [0.717, 1.165) is 0 Å². The van der Waals surface area contributed by atoms with Crippen LogP contribution >= 0.6 is 23.2 Å². The van der Waals surface area contributed by atoms with Crippen molar-refractivity contribution in [3.8, 4) is 6.07 Å². The minimum Gasteiger partial charge on any atom is -0.333 e. The molecule has 1 N–H and O–H groups in total. The molecule has 2 aromatic rings. The van der Waals surface area contributed by atoms with Gasteiger partial charge in [-0.05, 0) is 36.7 Å². The second kappa shape index (κ2) is 5.91. The van der Waals surface area contributed by atoms with Gasteiger partial charge in [-0.25, -0.2) is 4.98 Å². The fourth-order valence-electron chi connectivity index (χ4n) is 1.66. The highest BCUT2D eigenvalue weighted by Gasteiger charge is 2.22. The lowest BCUT2D eigenvalue weighted by Gasteiger charge is -2.09. The maximum absolute atomic E-state index is 11.1. The SMILES string of the molecule is Cc1nc(Cl)nc(Nc2cc(C#N)ccc2Cl)c1[N+](=O)[O-]. The Labute approximate surface area is 129 Å². The summed E-state index contributed by atoms with van der Waals surface area (Å²) in [6.45, 7) is 1.45. The van der Waals surface area contributed by atoms with Crippen LogP contribution in [-0.2, 0) is 0 Å². The number of hydrogen-bond donors (Lipinski definition) is 1. The second-order valence-electron chi connectivity index (χ2n) is 3.96. The minimum absolute atomic E-state index is 0.0884. The van der Waals surface area contributed by atoms with Gasteiger partial charge in [0.15, 0.2) is 0 Å². The van der Waals surface area contributed by atoms with Gasteiger partial charge in [-0.1, -0.05) is 11.6 Å². The molecule has 1 heterocycles. The highest BCUT2D eigenvalue weighted by molar-refractivity contribution is 6.33. The molecule has 0 aliphatic rings. The van der Waals surface area contributed by atoms with Crippen LogP contribution in [0.2, 0.25) is 10.3 Å². The summed E-state index contributed by atoms with van der Waals surface area (Å²) in [6.07, 6.45) is 0. The molecule has 9 heteroatoms. The van der Waals surface area contributed by atoms with Crippen LogP contribution in [0.3, 0.4) is 0 Å². The number of rotatable bonds is 3. The Morgan fingerprint density at radius 3 is 2.71 bits per heavy atom. The fraction of sp³-hybridized carbons (Fsp3) is 0.0833. The summed E-state index contributed by atoms with van der Waals surface area (Å²) >= 11 is 11.7. The van der Waals surface area contributed by atoms with Crippen LogP contribution in [0.1, 0.15) is 11.3 Å². The minimum atomic E-state index is -0.615. The number of aromatic nitrogens is 2. The highest BCUT2D eigenvalue weighted by Crippen LogP contribution is 2.32. The first-order valence-electron chi connectivity index (χ1n) is 5.57. The van der Waals surface area contributed by atoms with Crippen molar-refractivity contribution < 1.29 is 4.92 Å². The molecule has 0 fully saturated rings. The third-order valence-electron chi connectivity index (χ3n) is 2.56. The molecular weight excluding hydrogens is 317 g/mol. The number of anilines is 2. The molecule has 0 atom stereocenters. The molecule has 0 spiro atoms. The van der Waals surface area contributed by atoms with Crippen molar-refractivity contribution in [1.29, 1.82) is 5.26 Å². The van der Waals surface area contributed by atoms with E-state index in [1.54, 1.807) is 0 Å². The van der Waals surface area contributed by atoms with Crippen LogP contribution in [0.15, 0.2) is 18.2 Å². The van der Waals surface area contributed by atoms with E-state index >= 15 is 0 Å². The van der Waals surface area contributed by atoms with Gasteiger partial charge < -0.3 is 5.32 Å². The molecule has 0 aliphatic carbocycles. The van der Waals surface area contributed by atoms with E-state index in [1.807, 2.05) is 6.07 Å². The summed E-state index contributed by atoms with van der Waals surface area (Å²) in [4.78, 5) is 18.0. The van der Waals surface area contributed by atoms with Crippen LogP contribution in [-0.4, -0.2) is 14.9 Å². The number of nitro groups is 1. The summed E-state index contributed by atoms with van der Waals surface area (Å²) in [5, 5.41) is 22.9. The van der Waals surface area contributed by atoms with Gasteiger partial charge in [0.1, 0.15) is 5.69 Å². The summed E-state index contributed by atoms with van der Waals surface area (Å²) < 4.78 is 0. The predicted octanol–water partition coefficient (Wildman–Crippen LogP) is 3.62. The Kier molecular flexibility index (Phi) is 4.21. The maximum atomic E-state index is 11.1. The van der Waals surface area contributed by atoms with Crippen LogP contribution in [0, 0.1) is 28.4 Å². The second-order valence-corrected chi connectivity index (χ2v) is 4.71. The zero-order chi connectivity index (χ0) is 15.6. The van der Waals surface area contributed by atoms with Gasteiger partial charge in [-0.15, -0.1) is 0 Å². The van der Waals surface area contributed by atoms with Crippen molar-refractivity contribution in [2.24, 2.45) is 0 Å². The number of halogens is 2. The van der Waals surface area contributed by atoms with Crippen molar-refractivity contribution in [1.82, 2.24) is 9.97 Å². The molecule has 2 rings (SSSR count). The topological polar surface area (TPSA) is 105 Å². The molecule has 7 nitrogen and oxygen atoms in total. The van der Waals surface area contributed by atoms with Crippen molar-refractivity contribution in [3.63, 3.8) is 0 Å². The lowest BCUT2D eigenvalue weighted by atomic mass is 10.2. The Morgan fingerprint density at radius 2 is 2.10 bits per heavy atom. The van der Waals surface area contributed by atoms with Gasteiger partial charge in [0.25, 0.3) is 0 Å². The Balaban J connectivity index is 2.54. The van der Waals surface area contributed by atoms with Gasteiger partial charge in [0.2, 0.25) is 11.1 Å². The van der Waals surface area contributed by atoms with Crippen molar-refractivity contribution in [2.75, 3.05) is 5.32 Å². The Bertz CT molecular complexity index is 773. The summed E-state index contributed by atoms with van der Waals surface area (Å²) in [6, 6.07) is 6.44. The molecule has 1 aromatic carbocycles. The molecule has 106 valence electrons. The highest BCUT2D eigenvalue weighted by atomic mass is 35.5. The molecule has 0 radical (unpaired) electrons. The molecular formula is C12H7Cl2N5O2. The normalized spacial score (nSPS) is 10.0. The van der Waals surface area contributed by atoms with E-state index < -0.39 is 4.92 Å². The third-order valence-corrected chi connectivity index (χ3v) is 3.06. The van der Waals surface area contributed by atoms with Crippen LogP contribution < -0.4 is 5.32 Å². The van der Waals surface area contributed by atoms with Gasteiger partial charge in [0, 0.05) is 0 Å². The van der Waals surface area contributed by atoms with Crippen LogP contribution in [0.5, 0.6) is 0 Å². The van der Waals surface area contributed by atoms with E-state index in [1.165, 1.54) is 25.1 Å². The van der Waals surface area contributed by atoms with Crippen molar-refractivity contribution >= 4 is 40.4 Å². The molecule has 0 saturated carbocycles. The zero-order valence-corrected chi connectivity index (χ0v) is 12.1. The average Bonchev–Trinajstić information content (AvgIpc) is 2.40. The zero-order valence-electron chi connectivity index (χ0n) is 10.6. The lowest BCUT2D eigenvalue weighted by Crippen LogP contribution is -2.04. The smallest absolute Gasteiger partial charge is 0.332 e. The fourth-order valence-corrected chi connectivity index (χ4v) is 2.03. The van der Waals surface area contributed by atoms with E-state index in [4.69, 9.17) is 28.5 Å². The molecule has 0 bridgehead atoms. The van der Waals surface area contributed by atoms with E-state index in [-0.39, 0.29) is 27.5 Å². The first-order valence-corrected chi connectivity index (χ1v) is 6.33. The van der Waals surface area contributed by atoms with Gasteiger partial charge in [-0.3, -0.25) is 10.1 Å². The predicted molar refractivity (Wildman–Crippen MR) is 77.9 cm³/mol. The Hall–Kier alpha value is -2.43. The summed E-state index contributed by atoms with van der Waals surface area (Å²) in [7, 11) is 0. The standard InChI is InChI=1S/C12H7Cl2N5O2/c1-6-10(19(20)21)11(18-12(14)16-6)17-9-4-7(5-15)2-3-8(9)13/h2-4H,1H3,(H,16,17,18). The number of aryl methyl sites for hydroxylation is 1. The number of nitrogens with one attached hydrogen (secondary N) is 1. The summed E-state index contributed by atoms with van der Waals surface area (Å²) in [5.74, 6) is -0.0884. The number of nitriles is 1. The summed E-state index contributed by atoms with van der Waals surface area (Å²) in [5.41, 5.74) is 0.474. The number of hydrogen-bond acceptors (Lipinski definition) is 6. The number of nitrogens with zero attached hydrogens (tertiary/aromatic N) is 4. The molecule has 0 aliphatic heterocycles. The van der Waals surface area contributed by atoms with Gasteiger partial charge >= 0.3 is 5.69 Å². The van der Waals surface area contributed by atoms with Gasteiger partial charge in [0.05, 0.1) is 27.3 Å². The van der Waals surface area contributed by atoms with Gasteiger partial charge in [-0.2, -0.15) is 10.2 Å². The first-order chi connectivity index (χ1) is 9.92. The van der Waals surface area contributed by atoms with Crippen LogP contribution in [0.4, 0.5) is 17.2 Å². The van der Waals surface area contributed by atoms with Crippen molar-refractivity contribution in [3.05, 3.63) is 49.9 Å². The molecule has 0 unspecified atom stereocenters. The van der Waals surface area contributed by atoms with E-state index in [2.05, 4.69) is 15.3 Å². The molecule has 0 amide bonds. The third kappa shape index (κ3) is 3.18. The van der Waals surface area contributed by atoms with Crippen molar-refractivity contribution in [2.45, 2.75) is 6.92 Å². The number of benzene rings is 1. The molecule has 1 aromatic heterocycles. The monoisotopic (exact) mass is 323 g/mol. The lowest BCUT2D eigenvalue weighted by molar-refractivity contribution is -0.385. The maximum Gasteiger partial charge on any atom is 0.332 e. The molecule has 0 saturated heterocycles. The Morgan fingerprint density at radius 1 is 1.38 bits per heavy atom. The quantitative estimate of drug-likeness (QED) is 0.525. The van der Waals surface area contributed by atoms with E-state index in [0.29, 0.717) is 11.3 Å². The van der Waals surface area contributed by atoms with E-state index in [9.17, 15) is 10.1 Å². The first kappa shape index (κ1) is 15.0. The largest absolute Gasteiger partial charge is 0.333 e. The average molecular weight is 324 g/mol. The van der Waals surface area contributed by atoms with Crippen LogP contribution in [0.25, 0.3) is 0 Å².